The SMILES string of the molecule is CCN1C(=O)CS/C1=N/c1cccc(C)n1. The number of amidine groups is 1. The highest BCUT2D eigenvalue weighted by Gasteiger charge is 2.26. The van der Waals surface area contributed by atoms with Crippen molar-refractivity contribution in [3.05, 3.63) is 23.9 Å². The molecule has 0 atom stereocenters. The highest BCUT2D eigenvalue weighted by molar-refractivity contribution is 8.15. The number of aryl methyl sites for hydroxylation is 1. The molecule has 4 nitrogen and oxygen atoms in total. The van der Waals surface area contributed by atoms with Gasteiger partial charge in [-0.2, -0.15) is 0 Å². The molecule has 1 saturated heterocycles. The van der Waals surface area contributed by atoms with E-state index >= 15 is 0 Å². The zero-order chi connectivity index (χ0) is 11.5. The van der Waals surface area contributed by atoms with E-state index in [1.54, 1.807) is 4.90 Å². The standard InChI is InChI=1S/C11H13N3OS/c1-3-14-10(15)7-16-11(14)13-9-6-4-5-8(2)12-9/h4-6H,3,7H2,1-2H3/b13-11+. The van der Waals surface area contributed by atoms with Crippen molar-refractivity contribution in [2.75, 3.05) is 12.3 Å². The topological polar surface area (TPSA) is 45.6 Å². The molecule has 0 unspecified atom stereocenters. The number of aliphatic imine (C=N–C) groups is 1. The Balaban J connectivity index is 2.27. The molecule has 0 aromatic carbocycles. The Hall–Kier alpha value is -1.36. The third-order valence-corrected chi connectivity index (χ3v) is 3.22. The molecule has 1 amide bonds. The highest BCUT2D eigenvalue weighted by Crippen LogP contribution is 2.22. The van der Waals surface area contributed by atoms with Crippen LogP contribution in [0.5, 0.6) is 0 Å². The average molecular weight is 235 g/mol. The van der Waals surface area contributed by atoms with E-state index in [0.29, 0.717) is 18.1 Å². The van der Waals surface area contributed by atoms with Crippen molar-refractivity contribution in [3.8, 4) is 0 Å². The van der Waals surface area contributed by atoms with Crippen LogP contribution in [0.3, 0.4) is 0 Å². The van der Waals surface area contributed by atoms with Gasteiger partial charge in [0.2, 0.25) is 5.91 Å². The second-order valence-corrected chi connectivity index (χ2v) is 4.40. The Bertz CT molecular complexity index is 445. The lowest BCUT2D eigenvalue weighted by molar-refractivity contribution is -0.123. The fourth-order valence-corrected chi connectivity index (χ4v) is 2.44. The van der Waals surface area contributed by atoms with Crippen molar-refractivity contribution in [2.24, 2.45) is 4.99 Å². The number of pyridine rings is 1. The Morgan fingerprint density at radius 1 is 1.56 bits per heavy atom. The summed E-state index contributed by atoms with van der Waals surface area (Å²) in [5.41, 5.74) is 0.930. The van der Waals surface area contributed by atoms with E-state index in [4.69, 9.17) is 0 Å². The van der Waals surface area contributed by atoms with Gasteiger partial charge in [-0.05, 0) is 26.0 Å². The first-order valence-corrected chi connectivity index (χ1v) is 6.15. The van der Waals surface area contributed by atoms with Crippen LogP contribution < -0.4 is 0 Å². The van der Waals surface area contributed by atoms with E-state index in [-0.39, 0.29) is 5.91 Å². The predicted octanol–water partition coefficient (Wildman–Crippen LogP) is 1.97. The van der Waals surface area contributed by atoms with Gasteiger partial charge in [0, 0.05) is 12.2 Å². The first-order chi connectivity index (χ1) is 7.70. The van der Waals surface area contributed by atoms with Crippen LogP contribution in [0.15, 0.2) is 23.2 Å². The molecule has 1 aromatic heterocycles. The Kier molecular flexibility index (Phi) is 3.24. The first kappa shape index (κ1) is 11.1. The maximum absolute atomic E-state index is 11.5. The van der Waals surface area contributed by atoms with Gasteiger partial charge in [-0.3, -0.25) is 9.69 Å². The van der Waals surface area contributed by atoms with Gasteiger partial charge in [0.1, 0.15) is 0 Å². The lowest BCUT2D eigenvalue weighted by Gasteiger charge is -2.12. The van der Waals surface area contributed by atoms with E-state index in [0.717, 1.165) is 10.9 Å². The van der Waals surface area contributed by atoms with Gasteiger partial charge in [-0.1, -0.05) is 17.8 Å². The highest BCUT2D eigenvalue weighted by atomic mass is 32.2. The van der Waals surface area contributed by atoms with Gasteiger partial charge in [0.25, 0.3) is 0 Å². The molecule has 1 aliphatic rings. The predicted molar refractivity (Wildman–Crippen MR) is 65.9 cm³/mol. The number of thioether (sulfide) groups is 1. The summed E-state index contributed by atoms with van der Waals surface area (Å²) >= 11 is 1.47. The quantitative estimate of drug-likeness (QED) is 0.787. The molecule has 1 fully saturated rings. The summed E-state index contributed by atoms with van der Waals surface area (Å²) in [6, 6.07) is 5.69. The maximum Gasteiger partial charge on any atom is 0.239 e. The molecule has 0 radical (unpaired) electrons. The molecule has 16 heavy (non-hydrogen) atoms. The number of aromatic nitrogens is 1. The molecule has 1 aromatic rings. The molecule has 84 valence electrons. The van der Waals surface area contributed by atoms with E-state index < -0.39 is 0 Å². The fourth-order valence-electron chi connectivity index (χ4n) is 1.48. The van der Waals surface area contributed by atoms with Crippen LogP contribution in [0.25, 0.3) is 0 Å². The first-order valence-electron chi connectivity index (χ1n) is 5.16. The number of carbonyl (C=O) groups is 1. The molecule has 0 N–H and O–H groups in total. The Labute approximate surface area is 98.8 Å². The van der Waals surface area contributed by atoms with Crippen LogP contribution in [0, 0.1) is 6.92 Å². The van der Waals surface area contributed by atoms with Crippen LogP contribution >= 0.6 is 11.8 Å². The van der Waals surface area contributed by atoms with Gasteiger partial charge < -0.3 is 0 Å². The number of hydrogen-bond acceptors (Lipinski definition) is 4. The van der Waals surface area contributed by atoms with Gasteiger partial charge in [0.05, 0.1) is 5.75 Å². The van der Waals surface area contributed by atoms with Crippen LogP contribution in [0.2, 0.25) is 0 Å². The van der Waals surface area contributed by atoms with E-state index in [1.165, 1.54) is 11.8 Å². The molecule has 2 heterocycles. The average Bonchev–Trinajstić information content (AvgIpc) is 2.59. The summed E-state index contributed by atoms with van der Waals surface area (Å²) in [6.07, 6.45) is 0. The normalized spacial score (nSPS) is 18.5. The minimum atomic E-state index is 0.124. The molecule has 2 rings (SSSR count). The van der Waals surface area contributed by atoms with Crippen molar-refractivity contribution < 1.29 is 4.79 Å². The summed E-state index contributed by atoms with van der Waals surface area (Å²) in [7, 11) is 0. The molecular weight excluding hydrogens is 222 g/mol. The molecule has 0 saturated carbocycles. The van der Waals surface area contributed by atoms with Crippen molar-refractivity contribution >= 4 is 28.7 Å². The van der Waals surface area contributed by atoms with Gasteiger partial charge in [-0.25, -0.2) is 9.98 Å². The molecule has 5 heteroatoms. The molecule has 0 spiro atoms. The smallest absolute Gasteiger partial charge is 0.239 e. The maximum atomic E-state index is 11.5. The van der Waals surface area contributed by atoms with E-state index in [2.05, 4.69) is 9.98 Å². The Morgan fingerprint density at radius 2 is 2.38 bits per heavy atom. The van der Waals surface area contributed by atoms with Crippen molar-refractivity contribution in [1.82, 2.24) is 9.88 Å². The zero-order valence-corrected chi connectivity index (χ0v) is 10.1. The lowest BCUT2D eigenvalue weighted by Crippen LogP contribution is -2.28. The van der Waals surface area contributed by atoms with Crippen LogP contribution in [0.4, 0.5) is 5.82 Å². The van der Waals surface area contributed by atoms with Crippen LogP contribution in [-0.4, -0.2) is 33.3 Å². The summed E-state index contributed by atoms with van der Waals surface area (Å²) in [4.78, 5) is 21.9. The summed E-state index contributed by atoms with van der Waals surface area (Å²) in [6.45, 7) is 4.54. The monoisotopic (exact) mass is 235 g/mol. The molecule has 0 bridgehead atoms. The fraction of sp³-hybridized carbons (Fsp3) is 0.364. The van der Waals surface area contributed by atoms with E-state index in [1.807, 2.05) is 32.0 Å². The number of hydrogen-bond donors (Lipinski definition) is 0. The number of carbonyl (C=O) groups excluding carboxylic acids is 1. The van der Waals surface area contributed by atoms with Gasteiger partial charge >= 0.3 is 0 Å². The van der Waals surface area contributed by atoms with Crippen molar-refractivity contribution in [1.29, 1.82) is 0 Å². The third kappa shape index (κ3) is 2.24. The largest absolute Gasteiger partial charge is 0.291 e. The lowest BCUT2D eigenvalue weighted by atomic mass is 10.4. The summed E-state index contributed by atoms with van der Waals surface area (Å²) in [5, 5.41) is 0.755. The molecule has 0 aliphatic carbocycles. The van der Waals surface area contributed by atoms with E-state index in [9.17, 15) is 4.79 Å². The van der Waals surface area contributed by atoms with Crippen molar-refractivity contribution in [2.45, 2.75) is 13.8 Å². The van der Waals surface area contributed by atoms with Crippen LogP contribution in [-0.2, 0) is 4.79 Å². The molecular formula is C11H13N3OS. The number of amides is 1. The second kappa shape index (κ2) is 4.65. The van der Waals surface area contributed by atoms with Crippen molar-refractivity contribution in [3.63, 3.8) is 0 Å². The number of rotatable bonds is 2. The third-order valence-electron chi connectivity index (χ3n) is 2.26. The van der Waals surface area contributed by atoms with Gasteiger partial charge in [0.15, 0.2) is 11.0 Å². The Morgan fingerprint density at radius 3 is 3.06 bits per heavy atom. The van der Waals surface area contributed by atoms with Gasteiger partial charge in [-0.15, -0.1) is 0 Å². The summed E-state index contributed by atoms with van der Waals surface area (Å²) in [5.74, 6) is 1.27. The second-order valence-electron chi connectivity index (χ2n) is 3.46. The summed E-state index contributed by atoms with van der Waals surface area (Å²) < 4.78 is 0. The molecule has 1 aliphatic heterocycles. The van der Waals surface area contributed by atoms with Crippen LogP contribution in [0.1, 0.15) is 12.6 Å². The number of nitrogens with zero attached hydrogens (tertiary/aromatic N) is 3. The minimum absolute atomic E-state index is 0.124. The zero-order valence-electron chi connectivity index (χ0n) is 9.30. The minimum Gasteiger partial charge on any atom is -0.291 e.